The van der Waals surface area contributed by atoms with Gasteiger partial charge in [-0.25, -0.2) is 10.2 Å². The Labute approximate surface area is 198 Å². The van der Waals surface area contributed by atoms with Gasteiger partial charge in [0.1, 0.15) is 0 Å². The number of rotatable bonds is 9. The van der Waals surface area contributed by atoms with Crippen molar-refractivity contribution in [1.82, 2.24) is 15.8 Å². The number of carbonyl (C=O) groups is 3. The topological polar surface area (TPSA) is 108 Å². The molecule has 3 aromatic rings. The third-order valence-corrected chi connectivity index (χ3v) is 6.30. The Morgan fingerprint density at radius 3 is 2.53 bits per heavy atom. The smallest absolute Gasteiger partial charge is 0.377 e. The summed E-state index contributed by atoms with van der Waals surface area (Å²) >= 11 is 0. The summed E-state index contributed by atoms with van der Waals surface area (Å²) in [7, 11) is 0. The van der Waals surface area contributed by atoms with E-state index in [0.29, 0.717) is 19.3 Å². The van der Waals surface area contributed by atoms with Gasteiger partial charge in [-0.2, -0.15) is 0 Å². The molecule has 1 amide bonds. The molecule has 1 heterocycles. The van der Waals surface area contributed by atoms with Gasteiger partial charge in [-0.05, 0) is 59.9 Å². The molecule has 3 N–H and O–H groups in total. The molecule has 2 aromatic carbocycles. The van der Waals surface area contributed by atoms with Crippen LogP contribution in [0.25, 0.3) is 0 Å². The molecule has 1 aliphatic carbocycles. The second kappa shape index (κ2) is 10.9. The zero-order valence-electron chi connectivity index (χ0n) is 18.7. The van der Waals surface area contributed by atoms with Crippen LogP contribution in [0.2, 0.25) is 0 Å². The molecule has 7 heteroatoms. The number of hydrazine groups is 1. The molecule has 0 spiro atoms. The van der Waals surface area contributed by atoms with E-state index < -0.39 is 11.8 Å². The molecule has 0 fully saturated rings. The fraction of sp³-hybridized carbons (Fsp3) is 0.259. The Bertz CT molecular complexity index is 1130. The van der Waals surface area contributed by atoms with Crippen molar-refractivity contribution in [1.29, 1.82) is 0 Å². The summed E-state index contributed by atoms with van der Waals surface area (Å²) in [6.07, 6.45) is 6.85. The number of carboxylic acids is 1. The molecule has 7 nitrogen and oxygen atoms in total. The summed E-state index contributed by atoms with van der Waals surface area (Å²) in [6, 6.07) is 18.7. The third-order valence-electron chi connectivity index (χ3n) is 6.30. The fourth-order valence-corrected chi connectivity index (χ4v) is 4.65. The number of ketones is 1. The lowest BCUT2D eigenvalue weighted by molar-refractivity contribution is -0.131. The van der Waals surface area contributed by atoms with Gasteiger partial charge in [0.2, 0.25) is 5.91 Å². The van der Waals surface area contributed by atoms with Gasteiger partial charge in [-0.3, -0.25) is 20.0 Å². The number of amides is 1. The predicted molar refractivity (Wildman–Crippen MR) is 127 cm³/mol. The molecule has 0 aliphatic heterocycles. The first kappa shape index (κ1) is 23.3. The molecule has 1 aromatic heterocycles. The minimum atomic E-state index is -1.44. The first-order valence-corrected chi connectivity index (χ1v) is 11.4. The number of nitrogens with one attached hydrogen (secondary N) is 2. The standard InChI is InChI=1S/C27H27N3O4/c31-24(29-30-25(19-7-2-1-3-8-19)20-10-6-16-28-17-20)15-14-18-9-4-12-22-21(18)11-5-13-23(22)26(32)27(33)34/h1-3,5-8,10-11,13,16-18,25,30H,4,9,12,14-15H2,(H,29,31)(H,33,34). The van der Waals surface area contributed by atoms with Gasteiger partial charge >= 0.3 is 5.97 Å². The molecule has 2 atom stereocenters. The molecular weight excluding hydrogens is 430 g/mol. The van der Waals surface area contributed by atoms with Gasteiger partial charge in [-0.15, -0.1) is 0 Å². The molecular formula is C27H27N3O4. The van der Waals surface area contributed by atoms with Gasteiger partial charge in [0.05, 0.1) is 6.04 Å². The molecule has 2 unspecified atom stereocenters. The lowest BCUT2D eigenvalue weighted by atomic mass is 9.78. The van der Waals surface area contributed by atoms with Gasteiger partial charge in [0.15, 0.2) is 0 Å². The maximum atomic E-state index is 12.7. The van der Waals surface area contributed by atoms with Gasteiger partial charge in [0.25, 0.3) is 5.78 Å². The molecule has 0 saturated carbocycles. The molecule has 0 radical (unpaired) electrons. The summed E-state index contributed by atoms with van der Waals surface area (Å²) in [5, 5.41) is 9.13. The number of hydrogen-bond acceptors (Lipinski definition) is 5. The number of benzene rings is 2. The maximum absolute atomic E-state index is 12.7. The second-order valence-electron chi connectivity index (χ2n) is 8.46. The number of carboxylic acid groups (broad SMARTS) is 1. The van der Waals surface area contributed by atoms with E-state index in [9.17, 15) is 14.4 Å². The Morgan fingerprint density at radius 2 is 1.79 bits per heavy atom. The monoisotopic (exact) mass is 457 g/mol. The van der Waals surface area contributed by atoms with Crippen molar-refractivity contribution in [2.75, 3.05) is 0 Å². The highest BCUT2D eigenvalue weighted by molar-refractivity contribution is 6.40. The first-order chi connectivity index (χ1) is 16.5. The van der Waals surface area contributed by atoms with E-state index in [2.05, 4.69) is 15.8 Å². The van der Waals surface area contributed by atoms with Crippen molar-refractivity contribution < 1.29 is 19.5 Å². The first-order valence-electron chi connectivity index (χ1n) is 11.4. The zero-order valence-corrected chi connectivity index (χ0v) is 18.7. The number of pyridine rings is 1. The summed E-state index contributed by atoms with van der Waals surface area (Å²) < 4.78 is 0. The van der Waals surface area contributed by atoms with Gasteiger partial charge in [-0.1, -0.05) is 54.6 Å². The lowest BCUT2D eigenvalue weighted by Gasteiger charge is -2.27. The number of nitrogens with zero attached hydrogens (tertiary/aromatic N) is 1. The zero-order chi connectivity index (χ0) is 23.9. The number of hydrogen-bond donors (Lipinski definition) is 3. The van der Waals surface area contributed by atoms with Crippen molar-refractivity contribution in [2.24, 2.45) is 0 Å². The third kappa shape index (κ3) is 5.38. The van der Waals surface area contributed by atoms with Gasteiger partial charge < -0.3 is 5.11 Å². The van der Waals surface area contributed by atoms with Crippen LogP contribution in [-0.2, 0) is 16.0 Å². The van der Waals surface area contributed by atoms with Crippen LogP contribution in [0.5, 0.6) is 0 Å². The summed E-state index contributed by atoms with van der Waals surface area (Å²) in [4.78, 5) is 40.2. The van der Waals surface area contributed by atoms with Crippen LogP contribution in [0.4, 0.5) is 0 Å². The Morgan fingerprint density at radius 1 is 1.00 bits per heavy atom. The fourth-order valence-electron chi connectivity index (χ4n) is 4.65. The highest BCUT2D eigenvalue weighted by Gasteiger charge is 2.27. The Kier molecular flexibility index (Phi) is 7.44. The SMILES string of the molecule is O=C(CCC1CCCc2c(C(=O)C(=O)O)cccc21)NNC(c1ccccc1)c1cccnc1. The van der Waals surface area contributed by atoms with Crippen molar-refractivity contribution in [3.8, 4) is 0 Å². The molecule has 1 aliphatic rings. The largest absolute Gasteiger partial charge is 0.475 e. The Hall–Kier alpha value is -3.84. The van der Waals surface area contributed by atoms with Crippen molar-refractivity contribution in [3.63, 3.8) is 0 Å². The molecule has 174 valence electrons. The van der Waals surface area contributed by atoms with Crippen molar-refractivity contribution in [3.05, 3.63) is 101 Å². The molecule has 0 bridgehead atoms. The quantitative estimate of drug-likeness (QED) is 0.255. The normalized spacial score (nSPS) is 15.7. The Balaban J connectivity index is 1.41. The number of Topliss-reactive ketones (excluding diaryl/α,β-unsaturated/α-hetero) is 1. The second-order valence-corrected chi connectivity index (χ2v) is 8.46. The molecule has 0 saturated heterocycles. The highest BCUT2D eigenvalue weighted by Crippen LogP contribution is 2.36. The van der Waals surface area contributed by atoms with Crippen LogP contribution in [0.15, 0.2) is 73.1 Å². The minimum absolute atomic E-state index is 0.110. The minimum Gasteiger partial charge on any atom is -0.475 e. The van der Waals surface area contributed by atoms with Crippen LogP contribution < -0.4 is 10.9 Å². The number of aliphatic carboxylic acids is 1. The van der Waals surface area contributed by atoms with Gasteiger partial charge in [0, 0.05) is 24.4 Å². The van der Waals surface area contributed by atoms with Crippen molar-refractivity contribution >= 4 is 17.7 Å². The average Bonchev–Trinajstić information content (AvgIpc) is 2.88. The summed E-state index contributed by atoms with van der Waals surface area (Å²) in [5.41, 5.74) is 9.99. The van der Waals surface area contributed by atoms with Crippen LogP contribution >= 0.6 is 0 Å². The predicted octanol–water partition coefficient (Wildman–Crippen LogP) is 3.96. The maximum Gasteiger partial charge on any atom is 0.377 e. The summed E-state index contributed by atoms with van der Waals surface area (Å²) in [6.45, 7) is 0. The van der Waals surface area contributed by atoms with Crippen molar-refractivity contribution in [2.45, 2.75) is 44.1 Å². The number of aromatic nitrogens is 1. The average molecular weight is 458 g/mol. The molecule has 4 rings (SSSR count). The van der Waals surface area contributed by atoms with Crippen LogP contribution in [-0.4, -0.2) is 27.8 Å². The van der Waals surface area contributed by atoms with Crippen LogP contribution in [0.3, 0.4) is 0 Å². The highest BCUT2D eigenvalue weighted by atomic mass is 16.4. The number of carbonyl (C=O) groups excluding carboxylic acids is 2. The van der Waals surface area contributed by atoms with E-state index in [1.807, 2.05) is 48.5 Å². The van der Waals surface area contributed by atoms with E-state index in [1.54, 1.807) is 24.5 Å². The van der Waals surface area contributed by atoms with E-state index in [-0.39, 0.29) is 23.4 Å². The lowest BCUT2D eigenvalue weighted by Crippen LogP contribution is -2.40. The van der Waals surface area contributed by atoms with Crippen LogP contribution in [0.1, 0.15) is 70.3 Å². The van der Waals surface area contributed by atoms with Crippen LogP contribution in [0, 0.1) is 0 Å². The van der Waals surface area contributed by atoms with E-state index in [1.165, 1.54) is 0 Å². The van der Waals surface area contributed by atoms with E-state index in [0.717, 1.165) is 35.1 Å². The van der Waals surface area contributed by atoms with E-state index >= 15 is 0 Å². The summed E-state index contributed by atoms with van der Waals surface area (Å²) in [5.74, 6) is -2.33. The molecule has 34 heavy (non-hydrogen) atoms. The van der Waals surface area contributed by atoms with E-state index in [4.69, 9.17) is 5.11 Å². The number of fused-ring (bicyclic) bond motifs is 1.